The molecule has 3 aliphatic heterocycles. The number of oxime groups is 1. The number of carboxylic acid groups (broad SMARTS) is 1. The molecule has 0 spiro atoms. The Morgan fingerprint density at radius 3 is 2.39 bits per heavy atom. The monoisotopic (exact) mass is 1220 g/mol. The number of likely N-dealkylation sites (N-methyl/N-ethyl adjacent to an activating group) is 1. The van der Waals surface area contributed by atoms with Crippen LogP contribution >= 0.6 is 0 Å². The highest BCUT2D eigenvalue weighted by atomic mass is 19.1. The van der Waals surface area contributed by atoms with Crippen molar-refractivity contribution in [2.24, 2.45) is 28.8 Å². The molecule has 5 aliphatic rings. The number of ether oxygens (including phenoxy) is 7. The lowest BCUT2D eigenvalue weighted by atomic mass is 9.73. The smallest absolute Gasteiger partial charge is 0.477 e. The molecule has 5 fully saturated rings. The topological polar surface area (TPSA) is 286 Å². The number of amides is 1. The summed E-state index contributed by atoms with van der Waals surface area (Å²) in [7, 11) is 5.23. The number of aromatic nitrogens is 2. The molecule has 87 heavy (non-hydrogen) atoms. The number of aliphatic hydroxyl groups excluding tert-OH is 1. The van der Waals surface area contributed by atoms with Gasteiger partial charge in [-0.05, 0) is 124 Å². The third kappa shape index (κ3) is 15.8. The van der Waals surface area contributed by atoms with E-state index in [0.717, 1.165) is 31.7 Å². The highest BCUT2D eigenvalue weighted by molar-refractivity contribution is 5.95. The van der Waals surface area contributed by atoms with Crippen LogP contribution < -0.4 is 21.4 Å². The number of anilines is 1. The zero-order valence-electron chi connectivity index (χ0n) is 51.7. The fraction of sp³-hybridized carbons (Fsp3) is 0.651. The van der Waals surface area contributed by atoms with E-state index in [1.807, 2.05) is 46.7 Å². The van der Waals surface area contributed by atoms with E-state index in [2.05, 4.69) is 37.9 Å². The van der Waals surface area contributed by atoms with E-state index in [1.165, 1.54) is 19.5 Å². The summed E-state index contributed by atoms with van der Waals surface area (Å²) in [6, 6.07) is 4.12. The Hall–Kier alpha value is -6.75. The Labute approximate surface area is 507 Å². The van der Waals surface area contributed by atoms with Gasteiger partial charge in [0.1, 0.15) is 29.7 Å². The summed E-state index contributed by atoms with van der Waals surface area (Å²) in [5, 5.41) is 35.6. The van der Waals surface area contributed by atoms with Crippen molar-refractivity contribution in [3.8, 4) is 11.8 Å². The van der Waals surface area contributed by atoms with E-state index < -0.39 is 113 Å². The van der Waals surface area contributed by atoms with Crippen LogP contribution in [0, 0.1) is 41.3 Å². The van der Waals surface area contributed by atoms with Crippen LogP contribution in [0.2, 0.25) is 0 Å². The molecule has 5 heterocycles. The molecule has 23 nitrogen and oxygen atoms in total. The number of benzene rings is 1. The highest BCUT2D eigenvalue weighted by Gasteiger charge is 2.59. The fourth-order valence-corrected chi connectivity index (χ4v) is 12.4. The Morgan fingerprint density at radius 1 is 0.977 bits per heavy atom. The number of hydrogen-bond acceptors (Lipinski definition) is 20. The number of nitrogens with one attached hydrogen (secondary N) is 3. The van der Waals surface area contributed by atoms with Crippen LogP contribution in [0.5, 0.6) is 0 Å². The molecule has 3 aromatic rings. The van der Waals surface area contributed by atoms with Gasteiger partial charge >= 0.3 is 24.1 Å². The first-order valence-corrected chi connectivity index (χ1v) is 30.4. The maximum atomic E-state index is 15.3. The molecule has 476 valence electrons. The number of cyclic esters (lactones) is 1. The standard InChI is InChI=1S/C63H86FN7O16/c1-12-49-63(8)56(86-61(79)87-63)36(4)51(69-81-25-15-16-39-27-40(32-66-31-39)57(75)68-41-17-18-41)34(2)30-62(7,80-11)55(85-60-53(74)48(70(9)10)26-35(3)82-60)37(5)54(38(6)59(78)83-49)84-50(72)21-24-65-22-13-14-23-67-46-29-47-43(28-45(46)64)52(73)44(58(76)77)33-71(47)42-19-20-42/h27-29,31-38,41-42,48-49,53-56,60,65,67,74H,12-14,17-26,30H2,1-11H3,(H,68,75)(H,76,77)/b69-51+/t34-,35-,36+,37+,38-,48+,49-,53-,54+,55-,56-,60+,62-,63-/m1/s1. The normalized spacial score (nSPS) is 30.9. The average Bonchev–Trinajstić information content (AvgIpc) is 2.69. The first-order valence-electron chi connectivity index (χ1n) is 30.4. The van der Waals surface area contributed by atoms with E-state index >= 15 is 4.39 Å². The first-order chi connectivity index (χ1) is 41.4. The largest absolute Gasteiger partial charge is 0.509 e. The van der Waals surface area contributed by atoms with Crippen LogP contribution in [0.15, 0.2) is 46.7 Å². The van der Waals surface area contributed by atoms with Crippen LogP contribution in [-0.4, -0.2) is 174 Å². The van der Waals surface area contributed by atoms with Crippen LogP contribution in [0.25, 0.3) is 10.9 Å². The van der Waals surface area contributed by atoms with Gasteiger partial charge in [0.05, 0.1) is 52.6 Å². The zero-order chi connectivity index (χ0) is 63.1. The number of aromatic carboxylic acids is 1. The number of fused-ring (bicyclic) bond motifs is 2. The van der Waals surface area contributed by atoms with Crippen molar-refractivity contribution in [2.45, 2.75) is 192 Å². The lowest BCUT2D eigenvalue weighted by molar-refractivity contribution is -0.301. The van der Waals surface area contributed by atoms with Crippen molar-refractivity contribution in [3.63, 3.8) is 0 Å². The minimum atomic E-state index is -1.55. The number of carbonyl (C=O) groups is 5. The first kappa shape index (κ1) is 66.2. The Morgan fingerprint density at radius 2 is 1.71 bits per heavy atom. The molecule has 2 aromatic heterocycles. The van der Waals surface area contributed by atoms with Crippen molar-refractivity contribution in [3.05, 3.63) is 69.5 Å². The van der Waals surface area contributed by atoms with E-state index in [4.69, 9.17) is 38.0 Å². The Balaban J connectivity index is 1.01. The van der Waals surface area contributed by atoms with Crippen LogP contribution in [0.4, 0.5) is 14.9 Å². The molecule has 1 amide bonds. The number of carboxylic acids is 1. The number of carbonyl (C=O) groups excluding carboxylic acids is 4. The van der Waals surface area contributed by atoms with Crippen LogP contribution in [0.3, 0.4) is 0 Å². The summed E-state index contributed by atoms with van der Waals surface area (Å²) in [6.45, 7) is 15.1. The summed E-state index contributed by atoms with van der Waals surface area (Å²) >= 11 is 0. The van der Waals surface area contributed by atoms with Crippen molar-refractivity contribution < 1.29 is 76.6 Å². The summed E-state index contributed by atoms with van der Waals surface area (Å²) < 4.78 is 61.6. The Bertz CT molecular complexity index is 3140. The van der Waals surface area contributed by atoms with Gasteiger partial charge in [-0.2, -0.15) is 0 Å². The summed E-state index contributed by atoms with van der Waals surface area (Å²) in [5.41, 5.74) is -2.11. The predicted molar refractivity (Wildman–Crippen MR) is 317 cm³/mol. The van der Waals surface area contributed by atoms with Crippen molar-refractivity contribution in [1.29, 1.82) is 0 Å². The molecule has 0 bridgehead atoms. The number of halogens is 1. The average molecular weight is 1220 g/mol. The molecular formula is C63H86FN7O16. The van der Waals surface area contributed by atoms with Gasteiger partial charge < -0.3 is 73.6 Å². The van der Waals surface area contributed by atoms with Gasteiger partial charge in [0.25, 0.3) is 5.91 Å². The van der Waals surface area contributed by atoms with Gasteiger partial charge in [0, 0.05) is 85.6 Å². The highest BCUT2D eigenvalue weighted by Crippen LogP contribution is 2.44. The van der Waals surface area contributed by atoms with Gasteiger partial charge in [0.2, 0.25) is 5.43 Å². The van der Waals surface area contributed by atoms with Gasteiger partial charge in [-0.15, -0.1) is 0 Å². The van der Waals surface area contributed by atoms with E-state index in [1.54, 1.807) is 50.6 Å². The van der Waals surface area contributed by atoms with E-state index in [-0.39, 0.29) is 73.6 Å². The fourth-order valence-electron chi connectivity index (χ4n) is 12.4. The number of methoxy groups -OCH3 is 1. The maximum Gasteiger partial charge on any atom is 0.509 e. The lowest BCUT2D eigenvalue weighted by Crippen LogP contribution is -2.60. The molecular weight excluding hydrogens is 1130 g/mol. The number of unbranched alkanes of at least 4 members (excludes halogenated alkanes) is 1. The SMILES string of the molecule is CC[C@H]1OC(=O)[C@H](C)[C@@H](OC(=O)CCNCCCCNc2cc3c(cc2F)c(=O)c(C(=O)O)cn3C2CC2)[C@H](C)[C@@H](O[C@@H]2O[C@H](C)C[C@H](N(C)C)[C@H]2O)[C@](C)(OC)C[C@@H](C)/C(=N\OCC#Cc2cncc(C(=O)NC3CC3)c2)[C@H](C)[C@H]2OC(=O)O[C@@]21C. The van der Waals surface area contributed by atoms with Gasteiger partial charge in [-0.3, -0.25) is 24.2 Å². The molecule has 1 aromatic carbocycles. The Kier molecular flexibility index (Phi) is 21.8. The second kappa shape index (κ2) is 28.6. The molecule has 5 N–H and O–H groups in total. The predicted octanol–water partition coefficient (Wildman–Crippen LogP) is 6.75. The van der Waals surface area contributed by atoms with Crippen LogP contribution in [-0.2, 0) is 47.6 Å². The minimum Gasteiger partial charge on any atom is -0.477 e. The molecule has 8 rings (SSSR count). The molecule has 3 saturated heterocycles. The molecule has 14 atom stereocenters. The van der Waals surface area contributed by atoms with Gasteiger partial charge in [0.15, 0.2) is 24.6 Å². The van der Waals surface area contributed by atoms with Gasteiger partial charge in [-0.25, -0.2) is 14.0 Å². The second-order valence-corrected chi connectivity index (χ2v) is 24.7. The molecule has 0 radical (unpaired) electrons. The maximum absolute atomic E-state index is 15.3. The third-order valence-corrected chi connectivity index (χ3v) is 17.6. The number of aliphatic hydroxyl groups is 1. The third-order valence-electron chi connectivity index (χ3n) is 17.6. The van der Waals surface area contributed by atoms with Crippen LogP contribution in [0.1, 0.15) is 152 Å². The summed E-state index contributed by atoms with van der Waals surface area (Å²) in [4.78, 5) is 91.9. The quantitative estimate of drug-likeness (QED) is 0.0242. The van der Waals surface area contributed by atoms with Crippen molar-refractivity contribution in [2.75, 3.05) is 52.8 Å². The zero-order valence-corrected chi connectivity index (χ0v) is 51.7. The molecule has 2 aliphatic carbocycles. The van der Waals surface area contributed by atoms with Crippen molar-refractivity contribution >= 4 is 52.3 Å². The number of nitrogens with zero attached hydrogens (tertiary/aromatic N) is 4. The number of rotatable bonds is 21. The lowest BCUT2D eigenvalue weighted by Gasteiger charge is -2.48. The van der Waals surface area contributed by atoms with E-state index in [0.29, 0.717) is 54.7 Å². The summed E-state index contributed by atoms with van der Waals surface area (Å²) in [5.74, 6) is -1.07. The van der Waals surface area contributed by atoms with E-state index in [9.17, 15) is 39.0 Å². The number of hydrogen-bond donors (Lipinski definition) is 5. The number of pyridine rings is 2. The summed E-state index contributed by atoms with van der Waals surface area (Å²) in [6.07, 6.45) is 1.67. The minimum absolute atomic E-state index is 0.00778. The van der Waals surface area contributed by atoms with Crippen molar-refractivity contribution in [1.82, 2.24) is 25.1 Å². The second-order valence-electron chi connectivity index (χ2n) is 24.7. The molecule has 0 unspecified atom stereocenters. The van der Waals surface area contributed by atoms with Gasteiger partial charge in [-0.1, -0.05) is 44.7 Å². The number of esters is 2. The molecule has 2 saturated carbocycles. The molecule has 24 heteroatoms.